The highest BCUT2D eigenvalue weighted by Gasteiger charge is 1.91. The summed E-state index contributed by atoms with van der Waals surface area (Å²) in [6.07, 6.45) is 0. The molecular weight excluding hydrogens is 374 g/mol. The van der Waals surface area contributed by atoms with E-state index in [4.69, 9.17) is 22.4 Å². The number of hydrogen-bond donors (Lipinski definition) is 1. The Morgan fingerprint density at radius 3 is 1.86 bits per heavy atom. The van der Waals surface area contributed by atoms with Crippen molar-refractivity contribution in [1.82, 2.24) is 0 Å². The minimum Gasteiger partial charge on any atom is -0.0993 e. The molecule has 0 amide bonds. The fraction of sp³-hybridized carbons (Fsp3) is 1.00. The second kappa shape index (κ2) is 5.07. The summed E-state index contributed by atoms with van der Waals surface area (Å²) < 4.78 is 0.635. The molecule has 0 aromatic rings. The largest absolute Gasteiger partial charge is 0.0993 e. The molecule has 0 atom stereocenters. The van der Waals surface area contributed by atoms with Gasteiger partial charge in [-0.05, 0) is 0 Å². The molecule has 0 aliphatic carbocycles. The maximum absolute atomic E-state index is 4.83. The van der Waals surface area contributed by atoms with Gasteiger partial charge in [-0.2, -0.15) is 0 Å². The Hall–Kier alpha value is 2.25. The van der Waals surface area contributed by atoms with Gasteiger partial charge in [-0.3, -0.25) is 0 Å². The van der Waals surface area contributed by atoms with Crippen molar-refractivity contribution in [2.75, 3.05) is 5.75 Å². The van der Waals surface area contributed by atoms with E-state index in [2.05, 4.69) is 45.2 Å². The van der Waals surface area contributed by atoms with Crippen LogP contribution in [0.5, 0.6) is 0 Å². The zero-order valence-corrected chi connectivity index (χ0v) is 10.1. The summed E-state index contributed by atoms with van der Waals surface area (Å²) in [7, 11) is -0.488. The van der Waals surface area contributed by atoms with Gasteiger partial charge in [0, 0.05) is 5.75 Å². The number of hydrogen-bond acceptors (Lipinski definition) is 2. The van der Waals surface area contributed by atoms with Crippen LogP contribution in [0.15, 0.2) is 0 Å². The maximum atomic E-state index is 4.83. The van der Waals surface area contributed by atoms with Crippen LogP contribution >= 0.6 is 45.2 Å². The number of alkyl halides is 2. The fourth-order valence-electron chi connectivity index (χ4n) is 0.113. The molecule has 0 aliphatic heterocycles. The van der Waals surface area contributed by atoms with Crippen molar-refractivity contribution in [3.05, 3.63) is 0 Å². The monoisotopic (exact) mass is 378 g/mol. The average Bonchev–Trinajstić information content (AvgIpc) is 1.27. The topological polar surface area (TPSA) is 0 Å². The number of thiol groups is 1. The van der Waals surface area contributed by atoms with E-state index in [0.717, 1.165) is 5.75 Å². The van der Waals surface area contributed by atoms with Crippen LogP contribution in [0, 0.1) is 0 Å². The van der Waals surface area contributed by atoms with E-state index in [9.17, 15) is 0 Å². The zero-order chi connectivity index (χ0) is 5.86. The van der Waals surface area contributed by atoms with Crippen molar-refractivity contribution in [3.8, 4) is 0 Å². The van der Waals surface area contributed by atoms with Crippen molar-refractivity contribution in [2.45, 2.75) is 1.93 Å². The van der Waals surface area contributed by atoms with Gasteiger partial charge < -0.3 is 0 Å². The first-order chi connectivity index (χ1) is 3.13. The second-order valence-electron chi connectivity index (χ2n) is 0.906. The molecule has 0 unspecified atom stereocenters. The summed E-state index contributed by atoms with van der Waals surface area (Å²) in [4.78, 5) is 0. The Kier molecular flexibility index (Phi) is 6.70. The van der Waals surface area contributed by atoms with Gasteiger partial charge in [-0.25, -0.2) is 0 Å². The molecule has 0 saturated heterocycles. The van der Waals surface area contributed by atoms with Crippen LogP contribution in [0.2, 0.25) is 0 Å². The van der Waals surface area contributed by atoms with E-state index in [0.29, 0.717) is 1.93 Å². The van der Waals surface area contributed by atoms with Gasteiger partial charge in [0.25, 0.3) is 0 Å². The van der Waals surface area contributed by atoms with Crippen molar-refractivity contribution in [2.24, 2.45) is 0 Å². The molecule has 0 bridgehead atoms. The van der Waals surface area contributed by atoms with E-state index in [-0.39, 0.29) is 0 Å². The highest BCUT2D eigenvalue weighted by atomic mass is 127. The van der Waals surface area contributed by atoms with Crippen molar-refractivity contribution in [3.63, 3.8) is 0 Å². The predicted octanol–water partition coefficient (Wildman–Crippen LogP) is 1.46. The minimum atomic E-state index is -0.488. The molecule has 0 radical (unpaired) electrons. The van der Waals surface area contributed by atoms with Gasteiger partial charge in [0.15, 0.2) is 0 Å². The lowest BCUT2D eigenvalue weighted by atomic mass is 11.0. The lowest BCUT2D eigenvalue weighted by Crippen LogP contribution is -1.92. The first kappa shape index (κ1) is 9.25. The van der Waals surface area contributed by atoms with E-state index in [1.54, 1.807) is 0 Å². The van der Waals surface area contributed by atoms with Crippen LogP contribution in [0.4, 0.5) is 0 Å². The van der Waals surface area contributed by atoms with Crippen LogP contribution in [0.25, 0.3) is 0 Å². The normalized spacial score (nSPS) is 10.9. The molecule has 0 aliphatic rings. The summed E-state index contributed by atoms with van der Waals surface area (Å²) in [6, 6.07) is 0. The molecular formula is C2H4I2S3. The zero-order valence-electron chi connectivity index (χ0n) is 3.30. The van der Waals surface area contributed by atoms with E-state index in [1.807, 2.05) is 0 Å². The molecule has 0 fully saturated rings. The lowest BCUT2D eigenvalue weighted by molar-refractivity contribution is 1.57. The Balaban J connectivity index is 3.32. The Morgan fingerprint density at radius 1 is 1.43 bits per heavy atom. The van der Waals surface area contributed by atoms with Gasteiger partial charge in [-0.15, -0.1) is 0 Å². The number of rotatable bonds is 2. The highest BCUT2D eigenvalue weighted by molar-refractivity contribution is 14.2. The first-order valence-corrected chi connectivity index (χ1v) is 7.57. The second-order valence-corrected chi connectivity index (χ2v) is 10.7. The van der Waals surface area contributed by atoms with Crippen LogP contribution in [-0.4, -0.2) is 7.68 Å². The standard InChI is InChI=1S/C2H4I2S3/c3-2(4)1-7(5)6/h2,7H,1H2. The van der Waals surface area contributed by atoms with E-state index >= 15 is 0 Å². The predicted molar refractivity (Wildman–Crippen MR) is 60.2 cm³/mol. The van der Waals surface area contributed by atoms with Crippen LogP contribution in [0.1, 0.15) is 0 Å². The summed E-state index contributed by atoms with van der Waals surface area (Å²) >= 11 is 14.3. The third-order valence-electron chi connectivity index (χ3n) is 0.287. The Labute approximate surface area is 81.9 Å². The van der Waals surface area contributed by atoms with Crippen LogP contribution in [0.3, 0.4) is 0 Å². The molecule has 0 aromatic heterocycles. The van der Waals surface area contributed by atoms with Gasteiger partial charge in [0.1, 0.15) is 0 Å². The third-order valence-corrected chi connectivity index (χ3v) is 4.12. The van der Waals surface area contributed by atoms with Gasteiger partial charge >= 0.3 is 0 Å². The van der Waals surface area contributed by atoms with Gasteiger partial charge in [0.2, 0.25) is 0 Å². The molecule has 0 spiro atoms. The lowest BCUT2D eigenvalue weighted by Gasteiger charge is -1.90. The van der Waals surface area contributed by atoms with E-state index < -0.39 is 8.01 Å². The van der Waals surface area contributed by atoms with Crippen LogP contribution < -0.4 is 0 Å². The fourth-order valence-corrected chi connectivity index (χ4v) is 6.80. The molecule has 0 aromatic carbocycles. The van der Waals surface area contributed by atoms with Gasteiger partial charge in [0.05, 0.1) is 1.93 Å². The van der Waals surface area contributed by atoms with Crippen molar-refractivity contribution in [1.29, 1.82) is 0 Å². The van der Waals surface area contributed by atoms with E-state index in [1.165, 1.54) is 0 Å². The molecule has 0 rings (SSSR count). The third kappa shape index (κ3) is 8.25. The summed E-state index contributed by atoms with van der Waals surface area (Å²) in [5, 5.41) is 0. The smallest absolute Gasteiger partial charge is 0.0720 e. The molecule has 0 heterocycles. The first-order valence-electron chi connectivity index (χ1n) is 1.53. The molecule has 7 heavy (non-hydrogen) atoms. The molecule has 0 nitrogen and oxygen atoms in total. The minimum absolute atomic E-state index is 0.488. The summed E-state index contributed by atoms with van der Waals surface area (Å²) in [6.45, 7) is 0. The molecule has 0 saturated carbocycles. The Bertz CT molecular complexity index is 97.5. The molecule has 44 valence electrons. The van der Waals surface area contributed by atoms with Gasteiger partial charge in [-0.1, -0.05) is 75.6 Å². The summed E-state index contributed by atoms with van der Waals surface area (Å²) in [5.74, 6) is 1.03. The Morgan fingerprint density at radius 2 is 1.86 bits per heavy atom. The average molecular weight is 378 g/mol. The highest BCUT2D eigenvalue weighted by Crippen LogP contribution is 2.08. The van der Waals surface area contributed by atoms with Crippen molar-refractivity contribution < 1.29 is 0 Å². The maximum Gasteiger partial charge on any atom is 0.0720 e. The molecule has 5 heteroatoms. The quantitative estimate of drug-likeness (QED) is 0.439. The van der Waals surface area contributed by atoms with Crippen LogP contribution in [-0.2, 0) is 30.4 Å². The van der Waals surface area contributed by atoms with Crippen molar-refractivity contribution >= 4 is 75.6 Å². The molecule has 0 N–H and O–H groups in total. The summed E-state index contributed by atoms with van der Waals surface area (Å²) in [5.41, 5.74) is 0. The number of halogens is 2. The SMILES string of the molecule is S=[SH](=S)CC(I)I.